The van der Waals surface area contributed by atoms with Crippen molar-refractivity contribution in [3.05, 3.63) is 32.6 Å². The molecule has 64 valence electrons. The summed E-state index contributed by atoms with van der Waals surface area (Å²) in [4.78, 5) is 0. The van der Waals surface area contributed by atoms with Crippen molar-refractivity contribution >= 4 is 58.7 Å². The molecule has 0 N–H and O–H groups in total. The molecule has 3 heteroatoms. The molecule has 0 fully saturated rings. The van der Waals surface area contributed by atoms with Gasteiger partial charge in [-0.25, -0.2) is 0 Å². The van der Waals surface area contributed by atoms with Crippen molar-refractivity contribution in [2.24, 2.45) is 0 Å². The predicted molar refractivity (Wildman–Crippen MR) is 62.6 cm³/mol. The molecular formula is C10H6S2Se. The second kappa shape index (κ2) is 3.10. The van der Waals surface area contributed by atoms with E-state index in [1.807, 2.05) is 22.7 Å². The summed E-state index contributed by atoms with van der Waals surface area (Å²) >= 11 is 4.14. The molecule has 1 aliphatic heterocycles. The third-order valence-electron chi connectivity index (χ3n) is 1.97. The van der Waals surface area contributed by atoms with Crippen LogP contribution in [0.4, 0.5) is 0 Å². The van der Waals surface area contributed by atoms with Crippen LogP contribution in [-0.2, 0) is 0 Å². The molecule has 13 heavy (non-hydrogen) atoms. The second-order valence-electron chi connectivity index (χ2n) is 2.82. The summed E-state index contributed by atoms with van der Waals surface area (Å²) in [7, 11) is 0. The Bertz CT molecular complexity index is 422. The van der Waals surface area contributed by atoms with E-state index in [-0.39, 0.29) is 0 Å². The van der Waals surface area contributed by atoms with Crippen molar-refractivity contribution in [3.63, 3.8) is 0 Å². The molecule has 1 aliphatic rings. The van der Waals surface area contributed by atoms with Gasteiger partial charge >= 0.3 is 91.4 Å². The Morgan fingerprint density at radius 2 is 1.31 bits per heavy atom. The van der Waals surface area contributed by atoms with E-state index < -0.39 is 0 Å². The molecular weight excluding hydrogens is 263 g/mol. The van der Waals surface area contributed by atoms with E-state index in [1.54, 1.807) is 0 Å². The zero-order chi connectivity index (χ0) is 8.67. The van der Waals surface area contributed by atoms with Gasteiger partial charge in [0.1, 0.15) is 0 Å². The maximum atomic E-state index is 2.28. The van der Waals surface area contributed by atoms with Gasteiger partial charge in [-0.1, -0.05) is 0 Å². The predicted octanol–water partition coefficient (Wildman–Crippen LogP) is 1.95. The summed E-state index contributed by atoms with van der Waals surface area (Å²) < 4.78 is 3.07. The molecule has 3 rings (SSSR count). The van der Waals surface area contributed by atoms with Crippen molar-refractivity contribution in [2.45, 2.75) is 0 Å². The molecule has 2 aromatic heterocycles. The van der Waals surface area contributed by atoms with Crippen LogP contribution in [0.5, 0.6) is 0 Å². The summed E-state index contributed by atoms with van der Waals surface area (Å²) in [6, 6.07) is 0. The summed E-state index contributed by atoms with van der Waals surface area (Å²) in [6.07, 6.45) is 4.48. The van der Waals surface area contributed by atoms with Crippen LogP contribution in [0.2, 0.25) is 0 Å². The first-order valence-corrected chi connectivity index (χ1v) is 7.52. The topological polar surface area (TPSA) is 0 Å². The number of hydrogen-bond donors (Lipinski definition) is 0. The van der Waals surface area contributed by atoms with Crippen LogP contribution >= 0.6 is 22.7 Å². The van der Waals surface area contributed by atoms with Crippen molar-refractivity contribution in [3.8, 4) is 0 Å². The SMILES string of the molecule is C1=Cc2cscc2[Se]c2cscc21. The normalized spacial score (nSPS) is 13.5. The Kier molecular flexibility index (Phi) is 1.91. The molecule has 0 saturated heterocycles. The molecule has 0 aromatic carbocycles. The van der Waals surface area contributed by atoms with Crippen molar-refractivity contribution < 1.29 is 0 Å². The molecule has 0 unspecified atom stereocenters. The Morgan fingerprint density at radius 3 is 1.85 bits per heavy atom. The summed E-state index contributed by atoms with van der Waals surface area (Å²) in [5, 5.41) is 9.05. The molecule has 0 amide bonds. The van der Waals surface area contributed by atoms with E-state index in [0.29, 0.717) is 15.0 Å². The van der Waals surface area contributed by atoms with Gasteiger partial charge in [0.15, 0.2) is 0 Å². The fourth-order valence-electron chi connectivity index (χ4n) is 1.30. The maximum absolute atomic E-state index is 2.28. The molecule has 0 radical (unpaired) electrons. The number of hydrogen-bond acceptors (Lipinski definition) is 2. The molecule has 0 nitrogen and oxygen atoms in total. The van der Waals surface area contributed by atoms with Crippen LogP contribution in [-0.4, -0.2) is 15.0 Å². The summed E-state index contributed by atoms with van der Waals surface area (Å²) in [5.74, 6) is 0. The van der Waals surface area contributed by atoms with Gasteiger partial charge in [0, 0.05) is 0 Å². The van der Waals surface area contributed by atoms with Gasteiger partial charge in [-0.15, -0.1) is 0 Å². The van der Waals surface area contributed by atoms with Gasteiger partial charge in [-0.3, -0.25) is 0 Å². The average molecular weight is 269 g/mol. The minimum atomic E-state index is 0.522. The molecule has 2 aromatic rings. The Balaban J connectivity index is 2.20. The van der Waals surface area contributed by atoms with Gasteiger partial charge in [-0.2, -0.15) is 0 Å². The summed E-state index contributed by atoms with van der Waals surface area (Å²) in [6.45, 7) is 0. The first-order chi connectivity index (χ1) is 6.43. The van der Waals surface area contributed by atoms with Crippen molar-refractivity contribution in [1.29, 1.82) is 0 Å². The van der Waals surface area contributed by atoms with E-state index in [2.05, 4.69) is 33.7 Å². The van der Waals surface area contributed by atoms with Gasteiger partial charge in [0.2, 0.25) is 0 Å². The van der Waals surface area contributed by atoms with E-state index >= 15 is 0 Å². The molecule has 0 spiro atoms. The standard InChI is InChI=1S/C10H6S2Se/c1-2-8-4-12-6-10(8)13-9-5-11-3-7(1)9/h1-6H. The average Bonchev–Trinajstić information content (AvgIpc) is 2.72. The molecule has 0 bridgehead atoms. The molecule has 3 heterocycles. The van der Waals surface area contributed by atoms with Crippen molar-refractivity contribution in [1.82, 2.24) is 0 Å². The fourth-order valence-corrected chi connectivity index (χ4v) is 5.92. The minimum absolute atomic E-state index is 0.522. The number of thiophene rings is 2. The summed E-state index contributed by atoms with van der Waals surface area (Å²) in [5.41, 5.74) is 2.84. The van der Waals surface area contributed by atoms with Crippen LogP contribution < -0.4 is 8.92 Å². The van der Waals surface area contributed by atoms with E-state index in [0.717, 1.165) is 0 Å². The van der Waals surface area contributed by atoms with E-state index in [4.69, 9.17) is 0 Å². The monoisotopic (exact) mass is 270 g/mol. The van der Waals surface area contributed by atoms with Gasteiger partial charge in [0.25, 0.3) is 0 Å². The Morgan fingerprint density at radius 1 is 0.769 bits per heavy atom. The van der Waals surface area contributed by atoms with Crippen molar-refractivity contribution in [2.75, 3.05) is 0 Å². The third kappa shape index (κ3) is 1.32. The van der Waals surface area contributed by atoms with Crippen LogP contribution in [0.3, 0.4) is 0 Å². The Labute approximate surface area is 91.1 Å². The van der Waals surface area contributed by atoms with Gasteiger partial charge in [-0.05, 0) is 0 Å². The fraction of sp³-hybridized carbons (Fsp3) is 0. The second-order valence-corrected chi connectivity index (χ2v) is 6.58. The number of rotatable bonds is 0. The molecule has 0 atom stereocenters. The van der Waals surface area contributed by atoms with Gasteiger partial charge in [0.05, 0.1) is 0 Å². The quantitative estimate of drug-likeness (QED) is 0.547. The van der Waals surface area contributed by atoms with Gasteiger partial charge < -0.3 is 0 Å². The Hall–Kier alpha value is -0.341. The first kappa shape index (κ1) is 8.01. The first-order valence-electron chi connectivity index (χ1n) is 3.92. The van der Waals surface area contributed by atoms with Crippen LogP contribution in [0.1, 0.15) is 11.1 Å². The van der Waals surface area contributed by atoms with E-state index in [1.165, 1.54) is 20.1 Å². The molecule has 0 saturated carbocycles. The zero-order valence-corrected chi connectivity index (χ0v) is 10.0. The van der Waals surface area contributed by atoms with Crippen LogP contribution in [0.15, 0.2) is 21.5 Å². The number of fused-ring (bicyclic) bond motifs is 2. The van der Waals surface area contributed by atoms with E-state index in [9.17, 15) is 0 Å². The van der Waals surface area contributed by atoms with Crippen LogP contribution in [0.25, 0.3) is 12.2 Å². The zero-order valence-electron chi connectivity index (χ0n) is 6.69. The van der Waals surface area contributed by atoms with Crippen LogP contribution in [0, 0.1) is 0 Å². The third-order valence-corrected chi connectivity index (χ3v) is 6.58. The molecule has 0 aliphatic carbocycles.